The SMILES string of the molecule is C=CC(=O)Oc1ccc(OCc2ccc(N(c3ccc(C=C)cc3)c3ccc(CCOc4ccc(N(c5ccc(COc6ccc(OC(=O)C=C)cc6)cc5)c5ccc(OC(=O)C=C)cc5)cc4)cc3)cc2)cc1. The lowest BCUT2D eigenvalue weighted by Crippen LogP contribution is -2.11. The average Bonchev–Trinajstić information content (AvgIpc) is 3.45. The van der Waals surface area contributed by atoms with Crippen LogP contribution in [0.5, 0.6) is 34.5 Å². The summed E-state index contributed by atoms with van der Waals surface area (Å²) in [5.41, 5.74) is 9.68. The molecule has 368 valence electrons. The number of ether oxygens (including phenoxy) is 6. The first-order valence-corrected chi connectivity index (χ1v) is 23.6. The second-order valence-corrected chi connectivity index (χ2v) is 16.4. The highest BCUT2D eigenvalue weighted by molar-refractivity contribution is 5.85. The standard InChI is InChI=1S/C63H52N2O9/c1-5-45-9-17-49(18-10-45)64(51-21-13-47(14-22-51)43-70-56-33-37-59(38-34-56)73-62(67)7-3)50-19-11-46(12-20-50)41-42-69-55-29-25-53(26-30-55)65(54-27-31-58(32-28-54)72-61(66)6-2)52-23-15-48(16-24-52)44-71-57-35-39-60(40-36-57)74-63(68)8-4/h5-40H,1-4,41-44H2. The summed E-state index contributed by atoms with van der Waals surface area (Å²) in [4.78, 5) is 39.2. The van der Waals surface area contributed by atoms with Crippen LogP contribution in [0.25, 0.3) is 6.08 Å². The topological polar surface area (TPSA) is 113 Å². The number of rotatable bonds is 23. The molecule has 0 saturated heterocycles. The summed E-state index contributed by atoms with van der Waals surface area (Å²) < 4.78 is 34.0. The van der Waals surface area contributed by atoms with Crippen LogP contribution in [0, 0.1) is 0 Å². The van der Waals surface area contributed by atoms with Gasteiger partial charge in [-0.2, -0.15) is 0 Å². The Morgan fingerprint density at radius 3 is 0.946 bits per heavy atom. The third-order valence-electron chi connectivity index (χ3n) is 11.4. The third-order valence-corrected chi connectivity index (χ3v) is 11.4. The van der Waals surface area contributed by atoms with Crippen LogP contribution >= 0.6 is 0 Å². The van der Waals surface area contributed by atoms with Crippen LogP contribution in [0.2, 0.25) is 0 Å². The number of carbonyl (C=O) groups excluding carboxylic acids is 3. The zero-order chi connectivity index (χ0) is 51.7. The second-order valence-electron chi connectivity index (χ2n) is 16.4. The van der Waals surface area contributed by atoms with Crippen molar-refractivity contribution in [3.8, 4) is 34.5 Å². The summed E-state index contributed by atoms with van der Waals surface area (Å²) in [6, 6.07) is 61.9. The molecule has 0 spiro atoms. The minimum Gasteiger partial charge on any atom is -0.493 e. The molecule has 0 saturated carbocycles. The van der Waals surface area contributed by atoms with Crippen molar-refractivity contribution in [2.24, 2.45) is 0 Å². The van der Waals surface area contributed by atoms with E-state index >= 15 is 0 Å². The van der Waals surface area contributed by atoms with E-state index in [1.807, 2.05) is 91.0 Å². The fourth-order valence-electron chi connectivity index (χ4n) is 7.60. The molecule has 0 bridgehead atoms. The van der Waals surface area contributed by atoms with Crippen molar-refractivity contribution in [1.82, 2.24) is 0 Å². The summed E-state index contributed by atoms with van der Waals surface area (Å²) in [5.74, 6) is 1.64. The van der Waals surface area contributed by atoms with E-state index in [0.717, 1.165) is 80.4 Å². The number of anilines is 6. The molecule has 11 nitrogen and oxygen atoms in total. The molecule has 0 N–H and O–H groups in total. The van der Waals surface area contributed by atoms with Gasteiger partial charge in [-0.15, -0.1) is 0 Å². The molecule has 0 aromatic heterocycles. The van der Waals surface area contributed by atoms with Gasteiger partial charge in [-0.1, -0.05) is 80.9 Å². The molecule has 0 atom stereocenters. The Morgan fingerprint density at radius 2 is 0.608 bits per heavy atom. The zero-order valence-corrected chi connectivity index (χ0v) is 40.5. The largest absolute Gasteiger partial charge is 0.493 e. The Balaban J connectivity index is 0.912. The van der Waals surface area contributed by atoms with Gasteiger partial charge in [0.25, 0.3) is 0 Å². The molecule has 0 heterocycles. The quantitative estimate of drug-likeness (QED) is 0.0347. The van der Waals surface area contributed by atoms with Crippen LogP contribution in [-0.2, 0) is 34.0 Å². The molecule has 0 aliphatic carbocycles. The Kier molecular flexibility index (Phi) is 16.9. The van der Waals surface area contributed by atoms with E-state index in [2.05, 4.69) is 84.6 Å². The van der Waals surface area contributed by atoms with Gasteiger partial charge in [0.15, 0.2) is 0 Å². The highest BCUT2D eigenvalue weighted by Gasteiger charge is 2.16. The van der Waals surface area contributed by atoms with Crippen LogP contribution in [0.1, 0.15) is 22.3 Å². The fraction of sp³-hybridized carbons (Fsp3) is 0.0635. The van der Waals surface area contributed by atoms with Crippen molar-refractivity contribution in [3.63, 3.8) is 0 Å². The molecule has 8 rings (SSSR count). The van der Waals surface area contributed by atoms with Crippen molar-refractivity contribution in [3.05, 3.63) is 261 Å². The highest BCUT2D eigenvalue weighted by atomic mass is 16.5. The maximum absolute atomic E-state index is 11.9. The number of hydrogen-bond donors (Lipinski definition) is 0. The van der Waals surface area contributed by atoms with E-state index in [-0.39, 0.29) is 0 Å². The van der Waals surface area contributed by atoms with Crippen molar-refractivity contribution < 1.29 is 42.8 Å². The van der Waals surface area contributed by atoms with Gasteiger partial charge in [0.2, 0.25) is 0 Å². The van der Waals surface area contributed by atoms with Gasteiger partial charge in [0.05, 0.1) is 6.61 Å². The summed E-state index contributed by atoms with van der Waals surface area (Å²) in [6.45, 7) is 15.4. The molecular formula is C63H52N2O9. The first kappa shape index (κ1) is 50.5. The van der Waals surface area contributed by atoms with Gasteiger partial charge in [-0.3, -0.25) is 0 Å². The Morgan fingerprint density at radius 1 is 0.338 bits per heavy atom. The zero-order valence-electron chi connectivity index (χ0n) is 40.5. The van der Waals surface area contributed by atoms with E-state index in [0.29, 0.717) is 55.0 Å². The minimum absolute atomic E-state index is 0.319. The molecule has 0 unspecified atom stereocenters. The Labute approximate surface area is 430 Å². The van der Waals surface area contributed by atoms with E-state index in [1.165, 1.54) is 0 Å². The maximum atomic E-state index is 11.9. The monoisotopic (exact) mass is 980 g/mol. The van der Waals surface area contributed by atoms with Gasteiger partial charge in [-0.05, 0) is 168 Å². The van der Waals surface area contributed by atoms with Gasteiger partial charge in [-0.25, -0.2) is 14.4 Å². The minimum atomic E-state index is -0.538. The van der Waals surface area contributed by atoms with Crippen molar-refractivity contribution in [1.29, 1.82) is 0 Å². The van der Waals surface area contributed by atoms with Gasteiger partial charge in [0, 0.05) is 58.8 Å². The van der Waals surface area contributed by atoms with E-state index < -0.39 is 17.9 Å². The van der Waals surface area contributed by atoms with Crippen LogP contribution < -0.4 is 38.2 Å². The lowest BCUT2D eigenvalue weighted by atomic mass is 10.1. The third kappa shape index (κ3) is 13.7. The lowest BCUT2D eigenvalue weighted by molar-refractivity contribution is -0.129. The van der Waals surface area contributed by atoms with Crippen LogP contribution in [0.3, 0.4) is 0 Å². The number of carbonyl (C=O) groups is 3. The highest BCUT2D eigenvalue weighted by Crippen LogP contribution is 2.38. The van der Waals surface area contributed by atoms with Gasteiger partial charge in [0.1, 0.15) is 47.7 Å². The summed E-state index contributed by atoms with van der Waals surface area (Å²) in [6.07, 6.45) is 5.87. The van der Waals surface area contributed by atoms with Gasteiger partial charge < -0.3 is 38.2 Å². The van der Waals surface area contributed by atoms with E-state index in [1.54, 1.807) is 60.7 Å². The van der Waals surface area contributed by atoms with Gasteiger partial charge >= 0.3 is 17.9 Å². The van der Waals surface area contributed by atoms with Crippen molar-refractivity contribution >= 4 is 58.1 Å². The molecule has 11 heteroatoms. The van der Waals surface area contributed by atoms with E-state index in [9.17, 15) is 14.4 Å². The van der Waals surface area contributed by atoms with E-state index in [4.69, 9.17) is 28.4 Å². The molecular weight excluding hydrogens is 929 g/mol. The lowest BCUT2D eigenvalue weighted by Gasteiger charge is -2.26. The first-order valence-electron chi connectivity index (χ1n) is 23.6. The average molecular weight is 981 g/mol. The second kappa shape index (κ2) is 24.8. The molecule has 0 fully saturated rings. The van der Waals surface area contributed by atoms with Crippen LogP contribution in [0.4, 0.5) is 34.1 Å². The number of benzene rings is 8. The first-order chi connectivity index (χ1) is 36.2. The predicted molar refractivity (Wildman–Crippen MR) is 291 cm³/mol. The summed E-state index contributed by atoms with van der Waals surface area (Å²) in [7, 11) is 0. The number of hydrogen-bond acceptors (Lipinski definition) is 11. The molecule has 0 amide bonds. The van der Waals surface area contributed by atoms with Crippen molar-refractivity contribution in [2.45, 2.75) is 19.6 Å². The summed E-state index contributed by atoms with van der Waals surface area (Å²) >= 11 is 0. The Hall–Kier alpha value is -9.87. The molecule has 0 aliphatic heterocycles. The molecule has 8 aromatic rings. The normalized spacial score (nSPS) is 10.5. The maximum Gasteiger partial charge on any atom is 0.335 e. The number of nitrogens with zero attached hydrogens (tertiary/aromatic N) is 2. The fourth-order valence-corrected chi connectivity index (χ4v) is 7.60. The smallest absolute Gasteiger partial charge is 0.335 e. The predicted octanol–water partition coefficient (Wildman–Crippen LogP) is 14.3. The molecule has 8 aromatic carbocycles. The molecule has 0 radical (unpaired) electrons. The number of esters is 3. The van der Waals surface area contributed by atoms with Crippen LogP contribution in [-0.4, -0.2) is 24.5 Å². The van der Waals surface area contributed by atoms with Crippen LogP contribution in [0.15, 0.2) is 239 Å². The molecule has 0 aliphatic rings. The summed E-state index contributed by atoms with van der Waals surface area (Å²) in [5, 5.41) is 0. The molecule has 74 heavy (non-hydrogen) atoms. The van der Waals surface area contributed by atoms with Crippen molar-refractivity contribution in [2.75, 3.05) is 16.4 Å². The Bertz CT molecular complexity index is 3190.